The Morgan fingerprint density at radius 3 is 2.29 bits per heavy atom. The summed E-state index contributed by atoms with van der Waals surface area (Å²) in [7, 11) is 3.93. The molecule has 3 aromatic carbocycles. The third kappa shape index (κ3) is 3.96. The number of aryl methyl sites for hydroxylation is 1. The van der Waals surface area contributed by atoms with E-state index in [2.05, 4.69) is 5.32 Å². The van der Waals surface area contributed by atoms with Crippen molar-refractivity contribution in [3.63, 3.8) is 0 Å². The van der Waals surface area contributed by atoms with E-state index in [1.165, 1.54) is 4.90 Å². The number of nitrogens with one attached hydrogen (secondary N) is 1. The second-order valence-electron chi connectivity index (χ2n) is 8.57. The highest BCUT2D eigenvalue weighted by molar-refractivity contribution is 6.36. The molecule has 0 atom stereocenters. The summed E-state index contributed by atoms with van der Waals surface area (Å²) in [5, 5.41) is 3.21. The number of carbonyl (C=O) groups is 2. The molecule has 5 rings (SSSR count). The average molecular weight is 456 g/mol. The fourth-order valence-electron chi connectivity index (χ4n) is 4.03. The van der Waals surface area contributed by atoms with E-state index in [0.717, 1.165) is 22.5 Å². The predicted octanol–water partition coefficient (Wildman–Crippen LogP) is 4.18. The van der Waals surface area contributed by atoms with E-state index >= 15 is 0 Å². The van der Waals surface area contributed by atoms with Gasteiger partial charge in [0.25, 0.3) is 11.8 Å². The van der Waals surface area contributed by atoms with E-state index in [-0.39, 0.29) is 30.8 Å². The van der Waals surface area contributed by atoms with Crippen LogP contribution in [0.5, 0.6) is 11.5 Å². The molecule has 2 aliphatic rings. The first-order valence-electron chi connectivity index (χ1n) is 11.0. The van der Waals surface area contributed by atoms with Crippen molar-refractivity contribution in [1.29, 1.82) is 0 Å². The van der Waals surface area contributed by atoms with Crippen molar-refractivity contribution >= 4 is 28.8 Å². The number of hydrogen-bond acceptors (Lipinski definition) is 6. The molecule has 0 radical (unpaired) electrons. The number of hydrogen-bond donors (Lipinski definition) is 1. The molecule has 0 saturated heterocycles. The van der Waals surface area contributed by atoms with Gasteiger partial charge >= 0.3 is 0 Å². The lowest BCUT2D eigenvalue weighted by Gasteiger charge is -2.16. The van der Waals surface area contributed by atoms with Gasteiger partial charge in [0, 0.05) is 25.5 Å². The molecule has 0 spiro atoms. The Labute approximate surface area is 198 Å². The second-order valence-corrected chi connectivity index (χ2v) is 8.57. The highest BCUT2D eigenvalue weighted by Gasteiger charge is 2.39. The van der Waals surface area contributed by atoms with E-state index in [1.807, 2.05) is 80.5 Å². The molecule has 2 heterocycles. The number of carbonyl (C=O) groups excluding carboxylic acids is 2. The van der Waals surface area contributed by atoms with Crippen molar-refractivity contribution in [3.05, 3.63) is 89.1 Å². The van der Waals surface area contributed by atoms with Crippen LogP contribution in [0.1, 0.15) is 16.7 Å². The predicted molar refractivity (Wildman–Crippen MR) is 131 cm³/mol. The maximum absolute atomic E-state index is 13.5. The van der Waals surface area contributed by atoms with Crippen LogP contribution in [0.3, 0.4) is 0 Å². The zero-order valence-corrected chi connectivity index (χ0v) is 19.3. The minimum absolute atomic E-state index is 0.133. The van der Waals surface area contributed by atoms with Gasteiger partial charge in [-0.2, -0.15) is 0 Å². The van der Waals surface area contributed by atoms with Crippen LogP contribution < -0.4 is 19.7 Å². The number of benzene rings is 3. The number of imide groups is 1. The molecule has 7 heteroatoms. The van der Waals surface area contributed by atoms with Crippen LogP contribution in [0.4, 0.5) is 11.4 Å². The van der Waals surface area contributed by atoms with Gasteiger partial charge in [-0.1, -0.05) is 35.9 Å². The smallest absolute Gasteiger partial charge is 0.278 e. The Morgan fingerprint density at radius 1 is 0.882 bits per heavy atom. The van der Waals surface area contributed by atoms with Crippen molar-refractivity contribution < 1.29 is 19.1 Å². The highest BCUT2D eigenvalue weighted by Crippen LogP contribution is 2.35. The number of anilines is 2. The third-order valence-electron chi connectivity index (χ3n) is 5.94. The lowest BCUT2D eigenvalue weighted by Crippen LogP contribution is -2.32. The van der Waals surface area contributed by atoms with Crippen LogP contribution >= 0.6 is 0 Å². The monoisotopic (exact) mass is 455 g/mol. The molecule has 3 aromatic rings. The zero-order chi connectivity index (χ0) is 23.8. The third-order valence-corrected chi connectivity index (χ3v) is 5.94. The molecule has 0 bridgehead atoms. The van der Waals surface area contributed by atoms with Crippen LogP contribution in [-0.2, 0) is 16.1 Å². The summed E-state index contributed by atoms with van der Waals surface area (Å²) in [5.74, 6) is 0.571. The van der Waals surface area contributed by atoms with Crippen LogP contribution in [0, 0.1) is 6.92 Å². The van der Waals surface area contributed by atoms with Gasteiger partial charge in [0.15, 0.2) is 11.5 Å². The van der Waals surface area contributed by atoms with Gasteiger partial charge in [0.05, 0.1) is 12.1 Å². The maximum atomic E-state index is 13.5. The van der Waals surface area contributed by atoms with Crippen LogP contribution in [0.25, 0.3) is 5.57 Å². The minimum atomic E-state index is -0.366. The summed E-state index contributed by atoms with van der Waals surface area (Å²) in [6.45, 7) is 2.28. The Kier molecular flexibility index (Phi) is 5.45. The van der Waals surface area contributed by atoms with Gasteiger partial charge in [-0.05, 0) is 54.4 Å². The van der Waals surface area contributed by atoms with E-state index < -0.39 is 0 Å². The van der Waals surface area contributed by atoms with Gasteiger partial charge in [-0.25, -0.2) is 0 Å². The molecule has 0 saturated carbocycles. The molecule has 0 aliphatic carbocycles. The second kappa shape index (κ2) is 8.59. The molecule has 172 valence electrons. The fraction of sp³-hybridized carbons (Fsp3) is 0.185. The van der Waals surface area contributed by atoms with Crippen LogP contribution in [0.2, 0.25) is 0 Å². The molecule has 1 N–H and O–H groups in total. The number of nitrogens with zero attached hydrogens (tertiary/aromatic N) is 2. The summed E-state index contributed by atoms with van der Waals surface area (Å²) < 4.78 is 10.8. The summed E-state index contributed by atoms with van der Waals surface area (Å²) in [6, 6.07) is 20.8. The lowest BCUT2D eigenvalue weighted by atomic mass is 10.0. The molecule has 34 heavy (non-hydrogen) atoms. The van der Waals surface area contributed by atoms with Gasteiger partial charge in [-0.3, -0.25) is 14.5 Å². The summed E-state index contributed by atoms with van der Waals surface area (Å²) >= 11 is 0. The Hall–Kier alpha value is -4.26. The van der Waals surface area contributed by atoms with Crippen LogP contribution in [0.15, 0.2) is 72.4 Å². The first-order valence-corrected chi connectivity index (χ1v) is 11.0. The molecule has 0 unspecified atom stereocenters. The van der Waals surface area contributed by atoms with Crippen molar-refractivity contribution in [3.8, 4) is 11.5 Å². The van der Waals surface area contributed by atoms with Crippen molar-refractivity contribution in [2.75, 3.05) is 31.1 Å². The quantitative estimate of drug-likeness (QED) is 0.563. The topological polar surface area (TPSA) is 71.1 Å². The molecule has 7 nitrogen and oxygen atoms in total. The Balaban J connectivity index is 1.48. The van der Waals surface area contributed by atoms with E-state index in [9.17, 15) is 9.59 Å². The number of rotatable bonds is 6. The van der Waals surface area contributed by atoms with Crippen LogP contribution in [-0.4, -0.2) is 37.6 Å². The van der Waals surface area contributed by atoms with Gasteiger partial charge in [0.1, 0.15) is 5.70 Å². The van der Waals surface area contributed by atoms with E-state index in [0.29, 0.717) is 22.6 Å². The average Bonchev–Trinajstić information content (AvgIpc) is 3.38. The molecule has 0 fully saturated rings. The SMILES string of the molecule is Cc1ccc(C2=C(Nc3ccc(N(C)C)cc3)C(=O)N(Cc3ccc4c(c3)OCO4)C2=O)cc1. The number of ether oxygens (including phenoxy) is 2. The first-order chi connectivity index (χ1) is 16.4. The highest BCUT2D eigenvalue weighted by atomic mass is 16.7. The van der Waals surface area contributed by atoms with Gasteiger partial charge in [0.2, 0.25) is 6.79 Å². The number of fused-ring (bicyclic) bond motifs is 1. The van der Waals surface area contributed by atoms with Crippen molar-refractivity contribution in [2.24, 2.45) is 0 Å². The van der Waals surface area contributed by atoms with E-state index in [4.69, 9.17) is 9.47 Å². The van der Waals surface area contributed by atoms with Gasteiger partial charge < -0.3 is 19.7 Å². The normalized spacial score (nSPS) is 14.7. The largest absolute Gasteiger partial charge is 0.454 e. The zero-order valence-electron chi connectivity index (χ0n) is 19.3. The first kappa shape index (κ1) is 21.6. The summed E-state index contributed by atoms with van der Waals surface area (Å²) in [6.07, 6.45) is 0. The molecule has 2 amide bonds. The standard InChI is InChI=1S/C27H25N3O4/c1-17-4-7-19(8-5-17)24-25(28-20-9-11-21(12-10-20)29(2)3)27(32)30(26(24)31)15-18-6-13-22-23(14-18)34-16-33-22/h4-14,28H,15-16H2,1-3H3. The molecular weight excluding hydrogens is 430 g/mol. The lowest BCUT2D eigenvalue weighted by molar-refractivity contribution is -0.137. The maximum Gasteiger partial charge on any atom is 0.278 e. The van der Waals surface area contributed by atoms with Crippen molar-refractivity contribution in [2.45, 2.75) is 13.5 Å². The Morgan fingerprint density at radius 2 is 1.59 bits per heavy atom. The Bertz CT molecular complexity index is 1290. The minimum Gasteiger partial charge on any atom is -0.454 e. The molecule has 2 aliphatic heterocycles. The molecular formula is C27H25N3O4. The van der Waals surface area contributed by atoms with Gasteiger partial charge in [-0.15, -0.1) is 0 Å². The number of amides is 2. The fourth-order valence-corrected chi connectivity index (χ4v) is 4.03. The summed E-state index contributed by atoms with van der Waals surface area (Å²) in [4.78, 5) is 30.3. The van der Waals surface area contributed by atoms with Crippen molar-refractivity contribution in [1.82, 2.24) is 4.90 Å². The molecule has 0 aromatic heterocycles. The summed E-state index contributed by atoms with van der Waals surface area (Å²) in [5.41, 5.74) is 4.96. The van der Waals surface area contributed by atoms with E-state index in [1.54, 1.807) is 12.1 Å².